The minimum atomic E-state index is -0.0482. The zero-order chi connectivity index (χ0) is 20.1. The van der Waals surface area contributed by atoms with Crippen LogP contribution in [0.15, 0.2) is 76.2 Å². The Bertz CT molecular complexity index is 1060. The summed E-state index contributed by atoms with van der Waals surface area (Å²) in [5, 5.41) is 5.44. The number of nitrogens with zero attached hydrogens (tertiary/aromatic N) is 1. The molecule has 148 valence electrons. The lowest BCUT2D eigenvalue weighted by Gasteiger charge is -2.14. The highest BCUT2D eigenvalue weighted by molar-refractivity contribution is 7.99. The largest absolute Gasteiger partial charge is 0.352 e. The summed E-state index contributed by atoms with van der Waals surface area (Å²) in [6.45, 7) is 0.665. The number of hydrogen-bond acceptors (Lipinski definition) is 3. The smallest absolute Gasteiger partial charge is 0.252 e. The summed E-state index contributed by atoms with van der Waals surface area (Å²) in [5.74, 6) is -0.0482. The van der Waals surface area contributed by atoms with E-state index in [4.69, 9.17) is 16.6 Å². The maximum absolute atomic E-state index is 13.0. The van der Waals surface area contributed by atoms with Crippen LogP contribution in [0.5, 0.6) is 0 Å². The number of nitrogens with one attached hydrogen (secondary N) is 1. The van der Waals surface area contributed by atoms with E-state index in [2.05, 4.69) is 11.4 Å². The van der Waals surface area contributed by atoms with E-state index in [1.54, 1.807) is 0 Å². The topological polar surface area (TPSA) is 42.0 Å². The lowest BCUT2D eigenvalue weighted by Crippen LogP contribution is -2.25. The molecule has 1 aliphatic rings. The third-order valence-electron chi connectivity index (χ3n) is 5.07. The van der Waals surface area contributed by atoms with E-state index in [9.17, 15) is 4.79 Å². The second-order valence-corrected chi connectivity index (χ2v) is 8.73. The van der Waals surface area contributed by atoms with Gasteiger partial charge in [-0.3, -0.25) is 4.79 Å². The average molecular weight is 423 g/mol. The number of aromatic nitrogens is 1. The zero-order valence-electron chi connectivity index (χ0n) is 16.2. The lowest BCUT2D eigenvalue weighted by atomic mass is 9.97. The Kier molecular flexibility index (Phi) is 6.53. The molecule has 1 aromatic heterocycles. The normalized spacial score (nSPS) is 13.9. The monoisotopic (exact) mass is 422 g/mol. The van der Waals surface area contributed by atoms with E-state index in [0.717, 1.165) is 33.7 Å². The summed E-state index contributed by atoms with van der Waals surface area (Å²) in [6.07, 6.45) is 8.14. The maximum Gasteiger partial charge on any atom is 0.252 e. The van der Waals surface area contributed by atoms with Gasteiger partial charge in [-0.2, -0.15) is 0 Å². The van der Waals surface area contributed by atoms with E-state index in [1.807, 2.05) is 54.6 Å². The van der Waals surface area contributed by atoms with Crippen molar-refractivity contribution in [2.24, 2.45) is 0 Å². The molecule has 1 heterocycles. The number of fused-ring (bicyclic) bond motifs is 1. The maximum atomic E-state index is 13.0. The molecule has 0 spiro atoms. The number of hydrogen-bond donors (Lipinski definition) is 1. The van der Waals surface area contributed by atoms with Crippen molar-refractivity contribution in [2.45, 2.75) is 42.0 Å². The Morgan fingerprint density at radius 1 is 1.10 bits per heavy atom. The highest BCUT2D eigenvalue weighted by Gasteiger charge is 2.14. The van der Waals surface area contributed by atoms with Crippen molar-refractivity contribution in [3.05, 3.63) is 76.8 Å². The number of carbonyl (C=O) groups is 1. The van der Waals surface area contributed by atoms with Crippen LogP contribution in [0.4, 0.5) is 0 Å². The molecule has 1 aliphatic carbocycles. The highest BCUT2D eigenvalue weighted by Crippen LogP contribution is 2.31. The molecule has 0 saturated heterocycles. The second-order valence-electron chi connectivity index (χ2n) is 7.20. The third-order valence-corrected chi connectivity index (χ3v) is 6.22. The van der Waals surface area contributed by atoms with Gasteiger partial charge in [0.05, 0.1) is 11.1 Å². The lowest BCUT2D eigenvalue weighted by molar-refractivity contribution is 0.0955. The number of halogens is 1. The fraction of sp³-hybridized carbons (Fsp3) is 0.250. The van der Waals surface area contributed by atoms with Crippen molar-refractivity contribution in [1.82, 2.24) is 10.3 Å². The molecule has 3 aromatic rings. The Hall–Kier alpha value is -2.30. The predicted molar refractivity (Wildman–Crippen MR) is 121 cm³/mol. The first-order valence-corrected chi connectivity index (χ1v) is 11.2. The van der Waals surface area contributed by atoms with E-state index >= 15 is 0 Å². The average Bonchev–Trinajstić information content (AvgIpc) is 2.74. The van der Waals surface area contributed by atoms with Crippen LogP contribution in [0.1, 0.15) is 42.5 Å². The SMILES string of the molecule is O=C(NCCC1=CCCCC1)c1cc(Sc2cccc(Cl)c2)nc2ccccc12. The number of carbonyl (C=O) groups excluding carboxylic acids is 1. The molecular weight excluding hydrogens is 400 g/mol. The van der Waals surface area contributed by atoms with Gasteiger partial charge >= 0.3 is 0 Å². The third kappa shape index (κ3) is 5.20. The van der Waals surface area contributed by atoms with Crippen LogP contribution >= 0.6 is 23.4 Å². The van der Waals surface area contributed by atoms with Crippen LogP contribution in [0.3, 0.4) is 0 Å². The van der Waals surface area contributed by atoms with Gasteiger partial charge in [0, 0.05) is 21.8 Å². The number of benzene rings is 2. The van der Waals surface area contributed by atoms with Gasteiger partial charge in [0.2, 0.25) is 0 Å². The first-order valence-electron chi connectivity index (χ1n) is 9.98. The molecule has 0 aliphatic heterocycles. The Balaban J connectivity index is 1.55. The first-order chi connectivity index (χ1) is 14.2. The van der Waals surface area contributed by atoms with E-state index in [0.29, 0.717) is 17.1 Å². The van der Waals surface area contributed by atoms with Crippen molar-refractivity contribution in [3.63, 3.8) is 0 Å². The fourth-order valence-electron chi connectivity index (χ4n) is 3.61. The zero-order valence-corrected chi connectivity index (χ0v) is 17.7. The summed E-state index contributed by atoms with van der Waals surface area (Å²) >= 11 is 7.62. The molecule has 0 atom stereocenters. The van der Waals surface area contributed by atoms with Crippen LogP contribution in [-0.2, 0) is 0 Å². The van der Waals surface area contributed by atoms with E-state index in [1.165, 1.54) is 36.6 Å². The summed E-state index contributed by atoms with van der Waals surface area (Å²) in [4.78, 5) is 18.7. The first kappa shape index (κ1) is 20.0. The van der Waals surface area contributed by atoms with Crippen LogP contribution < -0.4 is 5.32 Å². The molecule has 5 heteroatoms. The number of rotatable bonds is 6. The predicted octanol–water partition coefficient (Wildman–Crippen LogP) is 6.66. The van der Waals surface area contributed by atoms with Gasteiger partial charge in [-0.15, -0.1) is 0 Å². The Morgan fingerprint density at radius 2 is 2.00 bits per heavy atom. The molecule has 0 radical (unpaired) electrons. The summed E-state index contributed by atoms with van der Waals surface area (Å²) < 4.78 is 0. The number of para-hydroxylation sites is 1. The van der Waals surface area contributed by atoms with Gasteiger partial charge in [0.25, 0.3) is 5.91 Å². The Labute approximate surface area is 180 Å². The standard InChI is InChI=1S/C24H23ClN2OS/c25-18-9-6-10-19(15-18)29-23-16-21(20-11-4-5-12-22(20)27-23)24(28)26-14-13-17-7-2-1-3-8-17/h4-7,9-12,15-16H,1-3,8,13-14H2,(H,26,28). The molecule has 0 fully saturated rings. The molecule has 2 aromatic carbocycles. The second kappa shape index (κ2) is 9.47. The van der Waals surface area contributed by atoms with Gasteiger partial charge in [0.15, 0.2) is 0 Å². The number of allylic oxidation sites excluding steroid dienone is 1. The van der Waals surface area contributed by atoms with E-state index < -0.39 is 0 Å². The molecule has 0 unspecified atom stereocenters. The molecule has 4 rings (SSSR count). The Morgan fingerprint density at radius 3 is 2.83 bits per heavy atom. The summed E-state index contributed by atoms with van der Waals surface area (Å²) in [5.41, 5.74) is 2.95. The molecular formula is C24H23ClN2OS. The van der Waals surface area contributed by atoms with E-state index in [-0.39, 0.29) is 5.91 Å². The molecule has 3 nitrogen and oxygen atoms in total. The molecule has 1 N–H and O–H groups in total. The van der Waals surface area contributed by atoms with Crippen molar-refractivity contribution >= 4 is 40.2 Å². The number of amides is 1. The molecule has 1 amide bonds. The van der Waals surface area contributed by atoms with Gasteiger partial charge in [0.1, 0.15) is 5.03 Å². The minimum Gasteiger partial charge on any atom is -0.352 e. The fourth-order valence-corrected chi connectivity index (χ4v) is 4.76. The van der Waals surface area contributed by atoms with Crippen molar-refractivity contribution in [1.29, 1.82) is 0 Å². The van der Waals surface area contributed by atoms with Crippen molar-refractivity contribution in [2.75, 3.05) is 6.54 Å². The summed E-state index contributed by atoms with van der Waals surface area (Å²) in [6, 6.07) is 17.3. The van der Waals surface area contributed by atoms with Crippen LogP contribution in [0, 0.1) is 0 Å². The van der Waals surface area contributed by atoms with Gasteiger partial charge in [-0.1, -0.05) is 59.3 Å². The molecule has 0 bridgehead atoms. The molecule has 0 saturated carbocycles. The highest BCUT2D eigenvalue weighted by atomic mass is 35.5. The summed E-state index contributed by atoms with van der Waals surface area (Å²) in [7, 11) is 0. The van der Waals surface area contributed by atoms with Crippen molar-refractivity contribution < 1.29 is 4.79 Å². The quantitative estimate of drug-likeness (QED) is 0.451. The van der Waals surface area contributed by atoms with Crippen LogP contribution in [-0.4, -0.2) is 17.4 Å². The minimum absolute atomic E-state index is 0.0482. The van der Waals surface area contributed by atoms with Crippen LogP contribution in [0.25, 0.3) is 10.9 Å². The van der Waals surface area contributed by atoms with Gasteiger partial charge < -0.3 is 5.32 Å². The molecule has 29 heavy (non-hydrogen) atoms. The van der Waals surface area contributed by atoms with Gasteiger partial charge in [-0.05, 0) is 62.4 Å². The van der Waals surface area contributed by atoms with Crippen LogP contribution in [0.2, 0.25) is 5.02 Å². The van der Waals surface area contributed by atoms with Gasteiger partial charge in [-0.25, -0.2) is 4.98 Å². The van der Waals surface area contributed by atoms with Crippen molar-refractivity contribution in [3.8, 4) is 0 Å². The number of pyridine rings is 1.